The van der Waals surface area contributed by atoms with Crippen LogP contribution in [0.25, 0.3) is 0 Å². The van der Waals surface area contributed by atoms with Gasteiger partial charge in [0.2, 0.25) is 5.91 Å². The van der Waals surface area contributed by atoms with E-state index in [4.69, 9.17) is 0 Å². The van der Waals surface area contributed by atoms with Crippen LogP contribution in [0.4, 0.5) is 18.9 Å². The van der Waals surface area contributed by atoms with Crippen LogP contribution in [0, 0.1) is 0 Å². The largest absolute Gasteiger partial charge is 0.435 e. The lowest BCUT2D eigenvalue weighted by molar-refractivity contribution is -0.141. The molecule has 1 saturated heterocycles. The van der Waals surface area contributed by atoms with E-state index in [0.29, 0.717) is 18.8 Å². The van der Waals surface area contributed by atoms with Crippen LogP contribution >= 0.6 is 0 Å². The summed E-state index contributed by atoms with van der Waals surface area (Å²) >= 11 is 0. The Morgan fingerprint density at radius 2 is 1.97 bits per heavy atom. The number of carbonyl (C=O) groups is 2. The third-order valence-electron chi connectivity index (χ3n) is 4.94. The standard InChI is InChI=1S/C20H21F3N4O2/c1-3-17(28)27-9-7-13(8-10-27)14-5-4-6-15(11-14)24-19(29)16-12-26(2)25-18(16)20(21,22)23/h3-6,11-13H,1,7-10H2,2H3,(H,24,29). The maximum absolute atomic E-state index is 13.1. The summed E-state index contributed by atoms with van der Waals surface area (Å²) in [4.78, 5) is 25.8. The lowest BCUT2D eigenvalue weighted by Gasteiger charge is -2.31. The number of rotatable bonds is 4. The van der Waals surface area contributed by atoms with Crippen molar-refractivity contribution in [2.75, 3.05) is 18.4 Å². The zero-order valence-electron chi connectivity index (χ0n) is 15.9. The summed E-state index contributed by atoms with van der Waals surface area (Å²) in [7, 11) is 1.33. The molecule has 154 valence electrons. The van der Waals surface area contributed by atoms with Crippen molar-refractivity contribution in [2.24, 2.45) is 7.05 Å². The minimum Gasteiger partial charge on any atom is -0.339 e. The average molecular weight is 406 g/mol. The number of aryl methyl sites for hydroxylation is 1. The molecular weight excluding hydrogens is 385 g/mol. The van der Waals surface area contributed by atoms with Crippen molar-refractivity contribution in [3.05, 3.63) is 59.9 Å². The summed E-state index contributed by atoms with van der Waals surface area (Å²) in [5.74, 6) is -0.764. The fraction of sp³-hybridized carbons (Fsp3) is 0.350. The van der Waals surface area contributed by atoms with Gasteiger partial charge in [0.25, 0.3) is 5.91 Å². The predicted molar refractivity (Wildman–Crippen MR) is 101 cm³/mol. The smallest absolute Gasteiger partial charge is 0.339 e. The number of nitrogens with zero attached hydrogens (tertiary/aromatic N) is 3. The van der Waals surface area contributed by atoms with Gasteiger partial charge in [0, 0.05) is 32.0 Å². The van der Waals surface area contributed by atoms with Crippen LogP contribution in [0.5, 0.6) is 0 Å². The van der Waals surface area contributed by atoms with Crippen molar-refractivity contribution in [3.63, 3.8) is 0 Å². The number of aromatic nitrogens is 2. The van der Waals surface area contributed by atoms with Crippen LogP contribution in [0.3, 0.4) is 0 Å². The molecule has 0 atom stereocenters. The van der Waals surface area contributed by atoms with Gasteiger partial charge in [-0.2, -0.15) is 18.3 Å². The summed E-state index contributed by atoms with van der Waals surface area (Å²) < 4.78 is 40.2. The van der Waals surface area contributed by atoms with Gasteiger partial charge < -0.3 is 10.2 Å². The normalized spacial score (nSPS) is 15.2. The molecule has 0 saturated carbocycles. The van der Waals surface area contributed by atoms with E-state index in [0.717, 1.165) is 29.3 Å². The molecule has 1 aromatic heterocycles. The van der Waals surface area contributed by atoms with Crippen molar-refractivity contribution in [2.45, 2.75) is 24.9 Å². The summed E-state index contributed by atoms with van der Waals surface area (Å²) in [6, 6.07) is 7.05. The molecule has 1 aliphatic rings. The molecule has 6 nitrogen and oxygen atoms in total. The molecule has 1 aromatic carbocycles. The first-order chi connectivity index (χ1) is 13.7. The van der Waals surface area contributed by atoms with E-state index < -0.39 is 23.3 Å². The third kappa shape index (κ3) is 4.67. The van der Waals surface area contributed by atoms with E-state index in [1.807, 2.05) is 6.07 Å². The molecule has 0 spiro atoms. The van der Waals surface area contributed by atoms with Gasteiger partial charge in [-0.1, -0.05) is 18.7 Å². The highest BCUT2D eigenvalue weighted by molar-refractivity contribution is 6.05. The van der Waals surface area contributed by atoms with E-state index in [9.17, 15) is 22.8 Å². The highest BCUT2D eigenvalue weighted by Gasteiger charge is 2.39. The Kier molecular flexibility index (Phi) is 5.76. The number of anilines is 1. The molecule has 2 aromatic rings. The predicted octanol–water partition coefficient (Wildman–Crippen LogP) is 3.58. The van der Waals surface area contributed by atoms with Gasteiger partial charge in [0.1, 0.15) is 0 Å². The number of hydrogen-bond donors (Lipinski definition) is 1. The fourth-order valence-electron chi connectivity index (χ4n) is 3.50. The number of hydrogen-bond acceptors (Lipinski definition) is 3. The average Bonchev–Trinajstić information content (AvgIpc) is 3.10. The van der Waals surface area contributed by atoms with Crippen molar-refractivity contribution in [3.8, 4) is 0 Å². The van der Waals surface area contributed by atoms with Gasteiger partial charge in [-0.3, -0.25) is 14.3 Å². The highest BCUT2D eigenvalue weighted by atomic mass is 19.4. The van der Waals surface area contributed by atoms with Crippen molar-refractivity contribution < 1.29 is 22.8 Å². The number of piperidine rings is 1. The Morgan fingerprint density at radius 3 is 2.59 bits per heavy atom. The second-order valence-electron chi connectivity index (χ2n) is 6.95. The second-order valence-corrected chi connectivity index (χ2v) is 6.95. The van der Waals surface area contributed by atoms with Gasteiger partial charge in [-0.15, -0.1) is 0 Å². The first kappa shape index (κ1) is 20.6. The topological polar surface area (TPSA) is 67.2 Å². The van der Waals surface area contributed by atoms with Crippen molar-refractivity contribution in [1.82, 2.24) is 14.7 Å². The molecule has 1 N–H and O–H groups in total. The molecule has 0 bridgehead atoms. The van der Waals surface area contributed by atoms with Gasteiger partial charge in [0.15, 0.2) is 5.69 Å². The Labute approximate surface area is 166 Å². The zero-order valence-corrected chi connectivity index (χ0v) is 15.9. The van der Waals surface area contributed by atoms with E-state index in [2.05, 4.69) is 17.0 Å². The number of alkyl halides is 3. The maximum Gasteiger partial charge on any atom is 0.435 e. The first-order valence-corrected chi connectivity index (χ1v) is 9.12. The quantitative estimate of drug-likeness (QED) is 0.790. The first-order valence-electron chi connectivity index (χ1n) is 9.12. The van der Waals surface area contributed by atoms with E-state index in [1.54, 1.807) is 23.1 Å². The summed E-state index contributed by atoms with van der Waals surface area (Å²) in [6.07, 6.45) is -0.847. The Bertz CT molecular complexity index is 928. The Balaban J connectivity index is 1.72. The van der Waals surface area contributed by atoms with E-state index >= 15 is 0 Å². The molecule has 3 rings (SSSR count). The molecule has 0 aliphatic carbocycles. The fourth-order valence-corrected chi connectivity index (χ4v) is 3.50. The number of halogens is 3. The van der Waals surface area contributed by atoms with Crippen molar-refractivity contribution >= 4 is 17.5 Å². The molecular formula is C20H21F3N4O2. The molecule has 2 amide bonds. The third-order valence-corrected chi connectivity index (χ3v) is 4.94. The van der Waals surface area contributed by atoms with Gasteiger partial charge in [-0.25, -0.2) is 0 Å². The van der Waals surface area contributed by atoms with Crippen LogP contribution in [0.2, 0.25) is 0 Å². The SMILES string of the molecule is C=CC(=O)N1CCC(c2cccc(NC(=O)c3cn(C)nc3C(F)(F)F)c2)CC1. The Hall–Kier alpha value is -3.10. The van der Waals surface area contributed by atoms with Crippen molar-refractivity contribution in [1.29, 1.82) is 0 Å². The lowest BCUT2D eigenvalue weighted by atomic mass is 9.89. The molecule has 2 heterocycles. The van der Waals surface area contributed by atoms with Crippen LogP contribution < -0.4 is 5.32 Å². The number of amides is 2. The number of carbonyl (C=O) groups excluding carboxylic acids is 2. The summed E-state index contributed by atoms with van der Waals surface area (Å²) in [5, 5.41) is 5.89. The highest BCUT2D eigenvalue weighted by Crippen LogP contribution is 2.32. The summed E-state index contributed by atoms with van der Waals surface area (Å²) in [5.41, 5.74) is -0.362. The molecule has 0 unspecified atom stereocenters. The lowest BCUT2D eigenvalue weighted by Crippen LogP contribution is -2.36. The number of likely N-dealkylation sites (tertiary alicyclic amines) is 1. The zero-order chi connectivity index (χ0) is 21.2. The molecule has 29 heavy (non-hydrogen) atoms. The minimum atomic E-state index is -4.72. The van der Waals surface area contributed by atoms with Crippen LogP contribution in [-0.4, -0.2) is 39.6 Å². The molecule has 9 heteroatoms. The Morgan fingerprint density at radius 1 is 1.28 bits per heavy atom. The number of nitrogens with one attached hydrogen (secondary N) is 1. The monoisotopic (exact) mass is 406 g/mol. The maximum atomic E-state index is 13.1. The van der Waals surface area contributed by atoms with E-state index in [1.165, 1.54) is 13.1 Å². The minimum absolute atomic E-state index is 0.0959. The van der Waals surface area contributed by atoms with E-state index in [-0.39, 0.29) is 11.8 Å². The second kappa shape index (κ2) is 8.10. The van der Waals surface area contributed by atoms with Gasteiger partial charge >= 0.3 is 6.18 Å². The van der Waals surface area contributed by atoms with Crippen LogP contribution in [0.15, 0.2) is 43.1 Å². The molecule has 1 aliphatic heterocycles. The number of benzene rings is 1. The van der Waals surface area contributed by atoms with Crippen LogP contribution in [-0.2, 0) is 18.0 Å². The summed E-state index contributed by atoms with van der Waals surface area (Å²) in [6.45, 7) is 4.71. The molecule has 0 radical (unpaired) electrons. The van der Waals surface area contributed by atoms with Crippen LogP contribution in [0.1, 0.15) is 40.4 Å². The van der Waals surface area contributed by atoms with Gasteiger partial charge in [-0.05, 0) is 42.5 Å². The van der Waals surface area contributed by atoms with Gasteiger partial charge in [0.05, 0.1) is 5.56 Å². The molecule has 1 fully saturated rings.